The molecule has 2 aromatic rings. The molecule has 0 radical (unpaired) electrons. The molecule has 1 aliphatic rings. The third-order valence-corrected chi connectivity index (χ3v) is 4.85. The summed E-state index contributed by atoms with van der Waals surface area (Å²) in [6.07, 6.45) is 2.29. The molecule has 3 rings (SSSR count). The molecule has 1 aromatic heterocycles. The molecule has 0 spiro atoms. The van der Waals surface area contributed by atoms with Crippen LogP contribution in [0.15, 0.2) is 42.1 Å². The summed E-state index contributed by atoms with van der Waals surface area (Å²) in [4.78, 5) is 31.4. The summed E-state index contributed by atoms with van der Waals surface area (Å²) in [5.74, 6) is -1.09. The number of aliphatic hydroxyl groups is 1. The third kappa shape index (κ3) is 3.26. The normalized spacial score (nSPS) is 18.6. The van der Waals surface area contributed by atoms with Crippen molar-refractivity contribution in [3.05, 3.63) is 64.5 Å². The SMILES string of the molecule is CCCN1C(=O)C(=O)/C(=C(/O)c2cc(C)cc(C)c2OC)C1c1ccccn1. The van der Waals surface area contributed by atoms with Crippen LogP contribution in [0.4, 0.5) is 0 Å². The lowest BCUT2D eigenvalue weighted by molar-refractivity contribution is -0.139. The number of carbonyl (C=O) groups is 2. The van der Waals surface area contributed by atoms with E-state index >= 15 is 0 Å². The fourth-order valence-corrected chi connectivity index (χ4v) is 3.74. The molecule has 6 nitrogen and oxygen atoms in total. The molecule has 1 N–H and O–H groups in total. The maximum Gasteiger partial charge on any atom is 0.295 e. The molecule has 0 aliphatic carbocycles. The van der Waals surface area contributed by atoms with E-state index in [9.17, 15) is 14.7 Å². The number of benzene rings is 1. The van der Waals surface area contributed by atoms with Crippen molar-refractivity contribution in [2.24, 2.45) is 0 Å². The van der Waals surface area contributed by atoms with Crippen molar-refractivity contribution < 1.29 is 19.4 Å². The van der Waals surface area contributed by atoms with Crippen LogP contribution in [0.1, 0.15) is 41.8 Å². The molecule has 0 saturated carbocycles. The zero-order valence-electron chi connectivity index (χ0n) is 16.5. The number of nitrogens with zero attached hydrogens (tertiary/aromatic N) is 2. The highest BCUT2D eigenvalue weighted by atomic mass is 16.5. The fraction of sp³-hybridized carbons (Fsp3) is 0.318. The zero-order chi connectivity index (χ0) is 20.4. The summed E-state index contributed by atoms with van der Waals surface area (Å²) in [6, 6.07) is 8.27. The van der Waals surface area contributed by atoms with E-state index in [4.69, 9.17) is 4.74 Å². The maximum absolute atomic E-state index is 12.9. The molecule has 0 bridgehead atoms. The summed E-state index contributed by atoms with van der Waals surface area (Å²) < 4.78 is 5.47. The van der Waals surface area contributed by atoms with Crippen molar-refractivity contribution in [1.29, 1.82) is 0 Å². The highest BCUT2D eigenvalue weighted by Gasteiger charge is 2.46. The minimum Gasteiger partial charge on any atom is -0.507 e. The van der Waals surface area contributed by atoms with Gasteiger partial charge < -0.3 is 14.7 Å². The number of likely N-dealkylation sites (tertiary alicyclic amines) is 1. The van der Waals surface area contributed by atoms with E-state index in [1.54, 1.807) is 30.5 Å². The van der Waals surface area contributed by atoms with E-state index < -0.39 is 17.7 Å². The van der Waals surface area contributed by atoms with Gasteiger partial charge in [0.05, 0.1) is 23.9 Å². The number of Topliss-reactive ketones (excluding diaryl/α,β-unsaturated/α-hetero) is 1. The average Bonchev–Trinajstić information content (AvgIpc) is 2.93. The Morgan fingerprint density at radius 3 is 2.61 bits per heavy atom. The first-order valence-corrected chi connectivity index (χ1v) is 9.25. The Morgan fingerprint density at radius 1 is 1.25 bits per heavy atom. The predicted molar refractivity (Wildman–Crippen MR) is 106 cm³/mol. The molecule has 1 aromatic carbocycles. The summed E-state index contributed by atoms with van der Waals surface area (Å²) in [7, 11) is 1.51. The van der Waals surface area contributed by atoms with Crippen molar-refractivity contribution in [1.82, 2.24) is 9.88 Å². The van der Waals surface area contributed by atoms with Crippen LogP contribution in [0.3, 0.4) is 0 Å². The monoisotopic (exact) mass is 380 g/mol. The zero-order valence-corrected chi connectivity index (χ0v) is 16.5. The van der Waals surface area contributed by atoms with Crippen LogP contribution in [0.5, 0.6) is 5.75 Å². The quantitative estimate of drug-likeness (QED) is 0.488. The van der Waals surface area contributed by atoms with Crippen LogP contribution >= 0.6 is 0 Å². The van der Waals surface area contributed by atoms with Crippen molar-refractivity contribution >= 4 is 17.4 Å². The molecule has 6 heteroatoms. The van der Waals surface area contributed by atoms with Gasteiger partial charge in [0.15, 0.2) is 0 Å². The number of methoxy groups -OCH3 is 1. The predicted octanol–water partition coefficient (Wildman–Crippen LogP) is 3.54. The van der Waals surface area contributed by atoms with Gasteiger partial charge in [0.2, 0.25) is 0 Å². The Hall–Kier alpha value is -3.15. The molecule has 2 heterocycles. The van der Waals surface area contributed by atoms with E-state index in [2.05, 4.69) is 4.98 Å². The fourth-order valence-electron chi connectivity index (χ4n) is 3.74. The van der Waals surface area contributed by atoms with Gasteiger partial charge in [0, 0.05) is 12.7 Å². The molecule has 1 unspecified atom stereocenters. The number of ether oxygens (including phenoxy) is 1. The van der Waals surface area contributed by atoms with Gasteiger partial charge in [-0.05, 0) is 49.6 Å². The highest BCUT2D eigenvalue weighted by molar-refractivity contribution is 6.46. The van der Waals surface area contributed by atoms with E-state index in [0.717, 1.165) is 11.1 Å². The summed E-state index contributed by atoms with van der Waals surface area (Å²) in [6.45, 7) is 6.10. The van der Waals surface area contributed by atoms with Crippen molar-refractivity contribution in [3.63, 3.8) is 0 Å². The van der Waals surface area contributed by atoms with E-state index in [1.807, 2.05) is 26.8 Å². The van der Waals surface area contributed by atoms with Crippen LogP contribution in [0.25, 0.3) is 5.76 Å². The number of carbonyl (C=O) groups excluding carboxylic acids is 2. The molecular weight excluding hydrogens is 356 g/mol. The number of amides is 1. The van der Waals surface area contributed by atoms with Gasteiger partial charge in [-0.25, -0.2) is 0 Å². The van der Waals surface area contributed by atoms with E-state index in [1.165, 1.54) is 12.0 Å². The van der Waals surface area contributed by atoms with Gasteiger partial charge in [-0.15, -0.1) is 0 Å². The number of aryl methyl sites for hydroxylation is 2. The van der Waals surface area contributed by atoms with Gasteiger partial charge in [0.25, 0.3) is 11.7 Å². The number of rotatable bonds is 5. The molecule has 28 heavy (non-hydrogen) atoms. The lowest BCUT2D eigenvalue weighted by atomic mass is 9.95. The minimum absolute atomic E-state index is 0.0421. The Balaban J connectivity index is 2.27. The number of hydrogen-bond acceptors (Lipinski definition) is 5. The Morgan fingerprint density at radius 2 is 2.00 bits per heavy atom. The number of hydrogen-bond donors (Lipinski definition) is 1. The first-order valence-electron chi connectivity index (χ1n) is 9.25. The first kappa shape index (κ1) is 19.6. The minimum atomic E-state index is -0.730. The van der Waals surface area contributed by atoms with Gasteiger partial charge in [-0.1, -0.05) is 19.1 Å². The van der Waals surface area contributed by atoms with Crippen LogP contribution in [-0.2, 0) is 9.59 Å². The van der Waals surface area contributed by atoms with E-state index in [0.29, 0.717) is 30.0 Å². The maximum atomic E-state index is 12.9. The van der Waals surface area contributed by atoms with Crippen molar-refractivity contribution in [2.45, 2.75) is 33.2 Å². The molecule has 1 amide bonds. The van der Waals surface area contributed by atoms with Crippen LogP contribution in [-0.4, -0.2) is 40.3 Å². The van der Waals surface area contributed by atoms with Gasteiger partial charge in [0.1, 0.15) is 17.6 Å². The van der Waals surface area contributed by atoms with Crippen LogP contribution in [0, 0.1) is 13.8 Å². The van der Waals surface area contributed by atoms with Crippen LogP contribution in [0.2, 0.25) is 0 Å². The average molecular weight is 380 g/mol. The summed E-state index contributed by atoms with van der Waals surface area (Å²) in [5, 5.41) is 11.2. The van der Waals surface area contributed by atoms with E-state index in [-0.39, 0.29) is 11.3 Å². The highest BCUT2D eigenvalue weighted by Crippen LogP contribution is 2.41. The Labute approximate surface area is 164 Å². The molecule has 1 aliphatic heterocycles. The Bertz CT molecular complexity index is 951. The molecular formula is C22H24N2O4. The standard InChI is InChI=1S/C22H24N2O4/c1-5-10-24-18(16-8-6-7-9-23-16)17(20(26)22(24)27)19(25)15-12-13(2)11-14(3)21(15)28-4/h6-9,11-12,18,25H,5,10H2,1-4H3/b19-17+. The largest absolute Gasteiger partial charge is 0.507 e. The Kier molecular flexibility index (Phi) is 5.49. The molecule has 1 saturated heterocycles. The smallest absolute Gasteiger partial charge is 0.295 e. The second kappa shape index (κ2) is 7.84. The third-order valence-electron chi connectivity index (χ3n) is 4.85. The number of aliphatic hydroxyl groups excluding tert-OH is 1. The number of ketones is 1. The topological polar surface area (TPSA) is 79.7 Å². The molecule has 146 valence electrons. The summed E-state index contributed by atoms with van der Waals surface area (Å²) >= 11 is 0. The van der Waals surface area contributed by atoms with Gasteiger partial charge >= 0.3 is 0 Å². The molecule has 1 fully saturated rings. The lowest BCUT2D eigenvalue weighted by Gasteiger charge is -2.24. The second-order valence-corrected chi connectivity index (χ2v) is 6.91. The number of pyridine rings is 1. The second-order valence-electron chi connectivity index (χ2n) is 6.91. The van der Waals surface area contributed by atoms with Crippen molar-refractivity contribution in [3.8, 4) is 5.75 Å². The first-order chi connectivity index (χ1) is 13.4. The number of aromatic nitrogens is 1. The van der Waals surface area contributed by atoms with Crippen LogP contribution < -0.4 is 4.74 Å². The summed E-state index contributed by atoms with van der Waals surface area (Å²) in [5.41, 5.74) is 2.73. The molecule has 1 atom stereocenters. The van der Waals surface area contributed by atoms with Gasteiger partial charge in [-0.2, -0.15) is 0 Å². The van der Waals surface area contributed by atoms with Crippen molar-refractivity contribution in [2.75, 3.05) is 13.7 Å². The lowest BCUT2D eigenvalue weighted by Crippen LogP contribution is -2.30. The van der Waals surface area contributed by atoms with Gasteiger partial charge in [-0.3, -0.25) is 14.6 Å².